The summed E-state index contributed by atoms with van der Waals surface area (Å²) in [5.41, 5.74) is 0.577. The molecular formula is C10H6F2N2OS. The van der Waals surface area contributed by atoms with Gasteiger partial charge in [0.2, 0.25) is 0 Å². The average molecular weight is 240 g/mol. The molecule has 0 spiro atoms. The van der Waals surface area contributed by atoms with Crippen molar-refractivity contribution in [3.63, 3.8) is 0 Å². The Morgan fingerprint density at radius 2 is 2.31 bits per heavy atom. The fourth-order valence-corrected chi connectivity index (χ4v) is 2.15. The normalized spacial score (nSPS) is 10.6. The summed E-state index contributed by atoms with van der Waals surface area (Å²) in [5.74, 6) is 0.0799. The fraction of sp³-hybridized carbons (Fsp3) is 0.200. The Hall–Kier alpha value is -1.74. The zero-order valence-corrected chi connectivity index (χ0v) is 8.80. The van der Waals surface area contributed by atoms with Crippen LogP contribution in [0.4, 0.5) is 8.78 Å². The molecule has 0 bridgehead atoms. The Kier molecular flexibility index (Phi) is 2.97. The van der Waals surface area contributed by atoms with Crippen LogP contribution in [-0.4, -0.2) is 11.6 Å². The number of ether oxygens (including phenoxy) is 1. The molecule has 1 aromatic carbocycles. The van der Waals surface area contributed by atoms with Gasteiger partial charge in [0.15, 0.2) is 0 Å². The fourth-order valence-electron chi connectivity index (χ4n) is 1.27. The largest absolute Gasteiger partial charge is 0.435 e. The molecule has 0 amide bonds. The lowest BCUT2D eigenvalue weighted by Gasteiger charge is -2.02. The Morgan fingerprint density at radius 1 is 1.50 bits per heavy atom. The van der Waals surface area contributed by atoms with Crippen LogP contribution in [0.25, 0.3) is 10.2 Å². The summed E-state index contributed by atoms with van der Waals surface area (Å²) < 4.78 is 29.0. The SMILES string of the molecule is N#CCc1nc2cc(OC(F)F)ccc2s1. The second-order valence-corrected chi connectivity index (χ2v) is 4.07. The minimum absolute atomic E-state index is 0.0799. The third-order valence-corrected chi connectivity index (χ3v) is 2.90. The van der Waals surface area contributed by atoms with E-state index >= 15 is 0 Å². The maximum Gasteiger partial charge on any atom is 0.387 e. The standard InChI is InChI=1S/C10H6F2N2OS/c11-10(12)15-6-1-2-8-7(5-6)14-9(16-8)3-4-13/h1-2,5,10H,3H2. The van der Waals surface area contributed by atoms with Gasteiger partial charge in [0.1, 0.15) is 10.8 Å². The molecular weight excluding hydrogens is 234 g/mol. The first-order chi connectivity index (χ1) is 7.69. The number of hydrogen-bond acceptors (Lipinski definition) is 4. The van der Waals surface area contributed by atoms with E-state index in [2.05, 4.69) is 9.72 Å². The monoisotopic (exact) mass is 240 g/mol. The van der Waals surface area contributed by atoms with E-state index in [9.17, 15) is 8.78 Å². The molecule has 6 heteroatoms. The molecule has 0 radical (unpaired) electrons. The number of nitriles is 1. The Morgan fingerprint density at radius 3 is 3.00 bits per heavy atom. The third kappa shape index (κ3) is 2.25. The summed E-state index contributed by atoms with van der Waals surface area (Å²) in [4.78, 5) is 4.14. The van der Waals surface area contributed by atoms with Crippen LogP contribution in [0.3, 0.4) is 0 Å². The van der Waals surface area contributed by atoms with Crippen LogP contribution in [0.1, 0.15) is 5.01 Å². The van der Waals surface area contributed by atoms with Crippen molar-refractivity contribution < 1.29 is 13.5 Å². The van der Waals surface area contributed by atoms with Crippen LogP contribution < -0.4 is 4.74 Å². The van der Waals surface area contributed by atoms with E-state index in [1.54, 1.807) is 6.07 Å². The molecule has 82 valence electrons. The summed E-state index contributed by atoms with van der Waals surface area (Å²) in [7, 11) is 0. The van der Waals surface area contributed by atoms with Crippen LogP contribution >= 0.6 is 11.3 Å². The number of nitrogens with zero attached hydrogens (tertiary/aromatic N) is 2. The zero-order valence-electron chi connectivity index (χ0n) is 7.98. The molecule has 0 N–H and O–H groups in total. The van der Waals surface area contributed by atoms with Gasteiger partial charge in [0.25, 0.3) is 0 Å². The maximum absolute atomic E-state index is 12.0. The molecule has 0 saturated carbocycles. The first-order valence-corrected chi connectivity index (χ1v) is 5.22. The minimum Gasteiger partial charge on any atom is -0.435 e. The van der Waals surface area contributed by atoms with Crippen molar-refractivity contribution in [1.82, 2.24) is 4.98 Å². The second-order valence-electron chi connectivity index (χ2n) is 2.95. The zero-order chi connectivity index (χ0) is 11.5. The average Bonchev–Trinajstić information content (AvgIpc) is 2.59. The van der Waals surface area contributed by atoms with Crippen LogP contribution in [0.15, 0.2) is 18.2 Å². The molecule has 0 saturated heterocycles. The summed E-state index contributed by atoms with van der Waals surface area (Å²) in [6.07, 6.45) is 0.227. The summed E-state index contributed by atoms with van der Waals surface area (Å²) in [6, 6.07) is 6.55. The molecule has 0 atom stereocenters. The Balaban J connectivity index is 2.34. The molecule has 0 aliphatic carbocycles. The van der Waals surface area contributed by atoms with Crippen molar-refractivity contribution in [2.45, 2.75) is 13.0 Å². The van der Waals surface area contributed by atoms with Gasteiger partial charge in [0, 0.05) is 6.07 Å². The maximum atomic E-state index is 12.0. The first-order valence-electron chi connectivity index (χ1n) is 4.40. The van der Waals surface area contributed by atoms with E-state index in [0.29, 0.717) is 10.5 Å². The van der Waals surface area contributed by atoms with Gasteiger partial charge in [-0.25, -0.2) is 4.98 Å². The highest BCUT2D eigenvalue weighted by atomic mass is 32.1. The number of hydrogen-bond donors (Lipinski definition) is 0. The topological polar surface area (TPSA) is 45.9 Å². The van der Waals surface area contributed by atoms with Crippen LogP contribution in [-0.2, 0) is 6.42 Å². The highest BCUT2D eigenvalue weighted by Gasteiger charge is 2.08. The quantitative estimate of drug-likeness (QED) is 0.828. The van der Waals surface area contributed by atoms with Gasteiger partial charge in [-0.2, -0.15) is 14.0 Å². The highest BCUT2D eigenvalue weighted by molar-refractivity contribution is 7.18. The number of aromatic nitrogens is 1. The molecule has 0 aliphatic heterocycles. The van der Waals surface area contributed by atoms with Gasteiger partial charge in [-0.1, -0.05) is 0 Å². The van der Waals surface area contributed by atoms with Gasteiger partial charge in [-0.05, 0) is 12.1 Å². The lowest BCUT2D eigenvalue weighted by atomic mass is 10.3. The van der Waals surface area contributed by atoms with Crippen molar-refractivity contribution in [3.8, 4) is 11.8 Å². The van der Waals surface area contributed by atoms with E-state index in [-0.39, 0.29) is 12.2 Å². The highest BCUT2D eigenvalue weighted by Crippen LogP contribution is 2.26. The van der Waals surface area contributed by atoms with Crippen LogP contribution in [0.5, 0.6) is 5.75 Å². The first kappa shape index (κ1) is 10.8. The smallest absolute Gasteiger partial charge is 0.387 e. The molecule has 1 heterocycles. The minimum atomic E-state index is -2.84. The predicted molar refractivity (Wildman–Crippen MR) is 55.6 cm³/mol. The number of thiazole rings is 1. The number of benzene rings is 1. The molecule has 0 fully saturated rings. The van der Waals surface area contributed by atoms with Gasteiger partial charge < -0.3 is 4.74 Å². The lowest BCUT2D eigenvalue weighted by Crippen LogP contribution is -2.01. The van der Waals surface area contributed by atoms with Crippen molar-refractivity contribution in [2.24, 2.45) is 0 Å². The molecule has 16 heavy (non-hydrogen) atoms. The second kappa shape index (κ2) is 4.41. The van der Waals surface area contributed by atoms with Gasteiger partial charge in [-0.15, -0.1) is 11.3 Å². The lowest BCUT2D eigenvalue weighted by molar-refractivity contribution is -0.0497. The predicted octanol–water partition coefficient (Wildman–Crippen LogP) is 2.96. The van der Waals surface area contributed by atoms with Crippen LogP contribution in [0.2, 0.25) is 0 Å². The molecule has 1 aromatic heterocycles. The molecule has 0 unspecified atom stereocenters. The van der Waals surface area contributed by atoms with E-state index in [4.69, 9.17) is 5.26 Å². The van der Waals surface area contributed by atoms with Crippen molar-refractivity contribution in [2.75, 3.05) is 0 Å². The number of alkyl halides is 2. The Labute approximate surface area is 93.9 Å². The summed E-state index contributed by atoms with van der Waals surface area (Å²) >= 11 is 1.37. The van der Waals surface area contributed by atoms with Crippen molar-refractivity contribution >= 4 is 21.6 Å². The van der Waals surface area contributed by atoms with E-state index in [1.165, 1.54) is 23.5 Å². The summed E-state index contributed by atoms with van der Waals surface area (Å²) in [5, 5.41) is 9.18. The molecule has 2 rings (SSSR count). The number of halogens is 2. The molecule has 2 aromatic rings. The number of fused-ring (bicyclic) bond motifs is 1. The van der Waals surface area contributed by atoms with Gasteiger partial charge in [-0.3, -0.25) is 0 Å². The van der Waals surface area contributed by atoms with E-state index in [0.717, 1.165) is 4.70 Å². The van der Waals surface area contributed by atoms with E-state index < -0.39 is 6.61 Å². The third-order valence-electron chi connectivity index (χ3n) is 1.86. The van der Waals surface area contributed by atoms with Crippen molar-refractivity contribution in [3.05, 3.63) is 23.2 Å². The van der Waals surface area contributed by atoms with Crippen molar-refractivity contribution in [1.29, 1.82) is 5.26 Å². The van der Waals surface area contributed by atoms with E-state index in [1.807, 2.05) is 6.07 Å². The number of rotatable bonds is 3. The van der Waals surface area contributed by atoms with Gasteiger partial charge >= 0.3 is 6.61 Å². The summed E-state index contributed by atoms with van der Waals surface area (Å²) in [6.45, 7) is -2.84. The Bertz CT molecular complexity index is 547. The molecule has 0 aliphatic rings. The molecule has 3 nitrogen and oxygen atoms in total. The van der Waals surface area contributed by atoms with Crippen LogP contribution in [0, 0.1) is 11.3 Å². The van der Waals surface area contributed by atoms with Gasteiger partial charge in [0.05, 0.1) is 22.7 Å².